The Morgan fingerprint density at radius 1 is 1.43 bits per heavy atom. The zero-order chi connectivity index (χ0) is 17.1. The third-order valence-corrected chi connectivity index (χ3v) is 4.98. The number of carbonyl (C=O) groups is 1. The van der Waals surface area contributed by atoms with Crippen LogP contribution in [0.25, 0.3) is 0 Å². The molecule has 1 amide bonds. The first-order valence-corrected chi connectivity index (χ1v) is 8.51. The van der Waals surface area contributed by atoms with Crippen molar-refractivity contribution < 1.29 is 18.0 Å². The van der Waals surface area contributed by atoms with E-state index < -0.39 is 12.7 Å². The van der Waals surface area contributed by atoms with Crippen LogP contribution in [0.2, 0.25) is 0 Å². The van der Waals surface area contributed by atoms with E-state index in [4.69, 9.17) is 0 Å². The van der Waals surface area contributed by atoms with Gasteiger partial charge in [-0.15, -0.1) is 0 Å². The van der Waals surface area contributed by atoms with Crippen LogP contribution in [0.15, 0.2) is 0 Å². The van der Waals surface area contributed by atoms with Crippen molar-refractivity contribution in [1.82, 2.24) is 15.1 Å². The van der Waals surface area contributed by atoms with Crippen molar-refractivity contribution in [3.05, 3.63) is 0 Å². The summed E-state index contributed by atoms with van der Waals surface area (Å²) in [6.45, 7) is 7.23. The summed E-state index contributed by atoms with van der Waals surface area (Å²) in [6.07, 6.45) is -1.65. The van der Waals surface area contributed by atoms with Crippen molar-refractivity contribution in [2.75, 3.05) is 45.8 Å². The van der Waals surface area contributed by atoms with Crippen molar-refractivity contribution in [2.45, 2.75) is 39.3 Å². The Morgan fingerprint density at radius 2 is 2.17 bits per heavy atom. The number of carbonyl (C=O) groups excluding carboxylic acids is 1. The monoisotopic (exact) mass is 335 g/mol. The van der Waals surface area contributed by atoms with Crippen LogP contribution >= 0.6 is 0 Å². The lowest BCUT2D eigenvalue weighted by Gasteiger charge is -2.38. The summed E-state index contributed by atoms with van der Waals surface area (Å²) in [5.41, 5.74) is 0.210. The van der Waals surface area contributed by atoms with E-state index in [1.165, 1.54) is 0 Å². The summed E-state index contributed by atoms with van der Waals surface area (Å²) < 4.78 is 37.8. The molecule has 0 aromatic heterocycles. The van der Waals surface area contributed by atoms with Gasteiger partial charge in [-0.3, -0.25) is 4.79 Å². The highest BCUT2D eigenvalue weighted by Gasteiger charge is 2.37. The van der Waals surface area contributed by atoms with E-state index in [1.807, 2.05) is 0 Å². The molecule has 2 fully saturated rings. The van der Waals surface area contributed by atoms with E-state index in [9.17, 15) is 18.0 Å². The van der Waals surface area contributed by atoms with Gasteiger partial charge in [0.2, 0.25) is 5.91 Å². The highest BCUT2D eigenvalue weighted by molar-refractivity contribution is 5.79. The number of piperidine rings is 1. The molecule has 2 atom stereocenters. The predicted octanol–water partition coefficient (Wildman–Crippen LogP) is 2.11. The van der Waals surface area contributed by atoms with Crippen molar-refractivity contribution >= 4 is 5.91 Å². The molecule has 2 unspecified atom stereocenters. The maximum Gasteiger partial charge on any atom is 0.406 e. The first-order chi connectivity index (χ1) is 10.7. The Kier molecular flexibility index (Phi) is 5.94. The van der Waals surface area contributed by atoms with Gasteiger partial charge < -0.3 is 15.1 Å². The number of amides is 1. The van der Waals surface area contributed by atoms with Crippen LogP contribution in [0.3, 0.4) is 0 Å². The van der Waals surface area contributed by atoms with Gasteiger partial charge in [0.1, 0.15) is 6.54 Å². The highest BCUT2D eigenvalue weighted by Crippen LogP contribution is 2.29. The van der Waals surface area contributed by atoms with Crippen LogP contribution < -0.4 is 5.32 Å². The van der Waals surface area contributed by atoms with Crippen LogP contribution in [0, 0.1) is 11.3 Å². The van der Waals surface area contributed by atoms with Crippen LogP contribution in [0.1, 0.15) is 33.1 Å². The summed E-state index contributed by atoms with van der Waals surface area (Å²) in [6, 6.07) is 0. The Labute approximate surface area is 136 Å². The molecule has 2 rings (SSSR count). The molecule has 134 valence electrons. The zero-order valence-corrected chi connectivity index (χ0v) is 14.1. The summed E-state index contributed by atoms with van der Waals surface area (Å²) >= 11 is 0. The van der Waals surface area contributed by atoms with E-state index in [-0.39, 0.29) is 23.8 Å². The Bertz CT molecular complexity index is 408. The molecule has 2 aliphatic heterocycles. The van der Waals surface area contributed by atoms with Crippen molar-refractivity contribution in [2.24, 2.45) is 11.3 Å². The normalized spacial score (nSPS) is 29.7. The standard InChI is InChI=1S/C16H28F3N3O/c1-3-22(12-16(17,18)19)14(23)13-5-4-8-21(9-13)11-15(2)6-7-20-10-15/h13,20H,3-12H2,1-2H3. The van der Waals surface area contributed by atoms with Crippen LogP contribution in [-0.2, 0) is 4.79 Å². The number of nitrogens with one attached hydrogen (secondary N) is 1. The summed E-state index contributed by atoms with van der Waals surface area (Å²) in [5.74, 6) is -0.645. The molecule has 1 N–H and O–H groups in total. The van der Waals surface area contributed by atoms with E-state index in [2.05, 4.69) is 17.1 Å². The fourth-order valence-corrected chi connectivity index (χ4v) is 3.76. The van der Waals surface area contributed by atoms with Crippen molar-refractivity contribution in [3.8, 4) is 0 Å². The Morgan fingerprint density at radius 3 is 2.74 bits per heavy atom. The number of alkyl halides is 3. The molecule has 0 aromatic carbocycles. The largest absolute Gasteiger partial charge is 0.406 e. The molecule has 7 heteroatoms. The first kappa shape index (κ1) is 18.5. The van der Waals surface area contributed by atoms with Gasteiger partial charge in [-0.1, -0.05) is 6.92 Å². The minimum absolute atomic E-state index is 0.108. The van der Waals surface area contributed by atoms with Crippen molar-refractivity contribution in [3.63, 3.8) is 0 Å². The van der Waals surface area contributed by atoms with Gasteiger partial charge in [0, 0.05) is 26.2 Å². The lowest BCUT2D eigenvalue weighted by Crippen LogP contribution is -2.49. The van der Waals surface area contributed by atoms with Gasteiger partial charge in [-0.2, -0.15) is 13.2 Å². The minimum Gasteiger partial charge on any atom is -0.334 e. The molecule has 0 aliphatic carbocycles. The maximum absolute atomic E-state index is 12.6. The van der Waals surface area contributed by atoms with Gasteiger partial charge in [-0.05, 0) is 44.7 Å². The number of hydrogen-bond acceptors (Lipinski definition) is 3. The van der Waals surface area contributed by atoms with Gasteiger partial charge >= 0.3 is 6.18 Å². The molecule has 2 aliphatic rings. The zero-order valence-electron chi connectivity index (χ0n) is 14.1. The molecular formula is C16H28F3N3O. The second kappa shape index (κ2) is 7.38. The molecule has 0 spiro atoms. The van der Waals surface area contributed by atoms with Gasteiger partial charge in [0.25, 0.3) is 0 Å². The predicted molar refractivity (Wildman–Crippen MR) is 83.1 cm³/mol. The van der Waals surface area contributed by atoms with E-state index in [1.54, 1.807) is 6.92 Å². The topological polar surface area (TPSA) is 35.6 Å². The molecule has 0 aromatic rings. The van der Waals surface area contributed by atoms with E-state index >= 15 is 0 Å². The summed E-state index contributed by atoms with van der Waals surface area (Å²) in [7, 11) is 0. The number of hydrogen-bond donors (Lipinski definition) is 1. The SMILES string of the molecule is CCN(CC(F)(F)F)C(=O)C1CCCN(CC2(C)CCNC2)C1. The molecule has 2 saturated heterocycles. The highest BCUT2D eigenvalue weighted by atomic mass is 19.4. The molecule has 4 nitrogen and oxygen atoms in total. The minimum atomic E-state index is -4.33. The number of nitrogens with zero attached hydrogens (tertiary/aromatic N) is 2. The first-order valence-electron chi connectivity index (χ1n) is 8.51. The average Bonchev–Trinajstić information content (AvgIpc) is 2.89. The van der Waals surface area contributed by atoms with Crippen LogP contribution in [0.5, 0.6) is 0 Å². The quantitative estimate of drug-likeness (QED) is 0.836. The van der Waals surface area contributed by atoms with Crippen LogP contribution in [-0.4, -0.2) is 67.7 Å². The summed E-state index contributed by atoms with van der Waals surface area (Å²) in [5, 5.41) is 3.36. The number of halogens is 3. The van der Waals surface area contributed by atoms with Gasteiger partial charge in [-0.25, -0.2) is 0 Å². The molecular weight excluding hydrogens is 307 g/mol. The smallest absolute Gasteiger partial charge is 0.334 e. The van der Waals surface area contributed by atoms with Crippen LogP contribution in [0.4, 0.5) is 13.2 Å². The number of rotatable bonds is 5. The van der Waals surface area contributed by atoms with E-state index in [0.717, 1.165) is 43.9 Å². The average molecular weight is 335 g/mol. The second-order valence-corrected chi connectivity index (χ2v) is 7.28. The maximum atomic E-state index is 12.6. The molecule has 0 saturated carbocycles. The lowest BCUT2D eigenvalue weighted by atomic mass is 9.87. The Balaban J connectivity index is 1.92. The third-order valence-electron chi connectivity index (χ3n) is 4.98. The van der Waals surface area contributed by atoms with Gasteiger partial charge in [0.05, 0.1) is 5.92 Å². The molecule has 2 heterocycles. The molecule has 0 bridgehead atoms. The third kappa shape index (κ3) is 5.35. The van der Waals surface area contributed by atoms with E-state index in [0.29, 0.717) is 13.0 Å². The molecule has 0 radical (unpaired) electrons. The van der Waals surface area contributed by atoms with Crippen molar-refractivity contribution in [1.29, 1.82) is 0 Å². The Hall–Kier alpha value is -0.820. The summed E-state index contributed by atoms with van der Waals surface area (Å²) in [4.78, 5) is 15.7. The molecule has 23 heavy (non-hydrogen) atoms. The number of likely N-dealkylation sites (tertiary alicyclic amines) is 1. The fourth-order valence-electron chi connectivity index (χ4n) is 3.76. The second-order valence-electron chi connectivity index (χ2n) is 7.28. The fraction of sp³-hybridized carbons (Fsp3) is 0.938. The van der Waals surface area contributed by atoms with Gasteiger partial charge in [0.15, 0.2) is 0 Å². The lowest BCUT2D eigenvalue weighted by molar-refractivity contribution is -0.164.